The first-order chi connectivity index (χ1) is 11.0. The summed E-state index contributed by atoms with van der Waals surface area (Å²) in [5.74, 6) is 0.781. The van der Waals surface area contributed by atoms with Crippen LogP contribution in [-0.2, 0) is 16.0 Å². The molecule has 3 rings (SSSR count). The number of nitrogens with zero attached hydrogens (tertiary/aromatic N) is 1. The standard InChI is InChI=1S/C18H21Cl2NO2/c1-11-8-15(22)4-5-17(11)21-7-6-13(18(21)23)9-12-2-3-14(19)10-16(12)20/h2-3,10-11,13,17H,4-9H2,1H3. The molecule has 1 aromatic carbocycles. The van der Waals surface area contributed by atoms with E-state index >= 15 is 0 Å². The van der Waals surface area contributed by atoms with E-state index in [0.717, 1.165) is 24.9 Å². The fraction of sp³-hybridized carbons (Fsp3) is 0.556. The minimum atomic E-state index is -0.0153. The van der Waals surface area contributed by atoms with Crippen molar-refractivity contribution in [2.75, 3.05) is 6.54 Å². The summed E-state index contributed by atoms with van der Waals surface area (Å²) in [6, 6.07) is 5.66. The molecular formula is C18H21Cl2NO2. The number of likely N-dealkylation sites (tertiary alicyclic amines) is 1. The molecule has 2 aliphatic rings. The Morgan fingerprint density at radius 1 is 1.22 bits per heavy atom. The smallest absolute Gasteiger partial charge is 0.226 e. The molecule has 0 bridgehead atoms. The Balaban J connectivity index is 1.68. The number of benzene rings is 1. The lowest BCUT2D eigenvalue weighted by Gasteiger charge is -2.35. The number of ketones is 1. The second kappa shape index (κ2) is 6.82. The lowest BCUT2D eigenvalue weighted by atomic mass is 9.84. The Hall–Kier alpha value is -1.06. The Labute approximate surface area is 146 Å². The van der Waals surface area contributed by atoms with Gasteiger partial charge in [0.1, 0.15) is 5.78 Å². The molecule has 1 aromatic rings. The van der Waals surface area contributed by atoms with Crippen LogP contribution in [0, 0.1) is 11.8 Å². The molecule has 1 saturated heterocycles. The van der Waals surface area contributed by atoms with E-state index in [1.807, 2.05) is 17.0 Å². The van der Waals surface area contributed by atoms with Gasteiger partial charge in [0.05, 0.1) is 0 Å². The highest BCUT2D eigenvalue weighted by Gasteiger charge is 2.39. The summed E-state index contributed by atoms with van der Waals surface area (Å²) >= 11 is 12.2. The van der Waals surface area contributed by atoms with Gasteiger partial charge in [0, 0.05) is 41.4 Å². The molecule has 0 radical (unpaired) electrons. The van der Waals surface area contributed by atoms with Crippen molar-refractivity contribution in [3.63, 3.8) is 0 Å². The number of carbonyl (C=O) groups excluding carboxylic acids is 2. The Morgan fingerprint density at radius 2 is 2.00 bits per heavy atom. The van der Waals surface area contributed by atoms with E-state index in [4.69, 9.17) is 23.2 Å². The number of hydrogen-bond acceptors (Lipinski definition) is 2. The average molecular weight is 354 g/mol. The summed E-state index contributed by atoms with van der Waals surface area (Å²) in [6.45, 7) is 2.87. The molecule has 1 amide bonds. The van der Waals surface area contributed by atoms with Crippen LogP contribution in [0.5, 0.6) is 0 Å². The van der Waals surface area contributed by atoms with Gasteiger partial charge in [0.2, 0.25) is 5.91 Å². The Kier molecular flexibility index (Phi) is 4.98. The highest BCUT2D eigenvalue weighted by atomic mass is 35.5. The van der Waals surface area contributed by atoms with Gasteiger partial charge < -0.3 is 4.90 Å². The van der Waals surface area contributed by atoms with Crippen molar-refractivity contribution in [3.8, 4) is 0 Å². The second-order valence-corrected chi connectivity index (χ2v) is 7.63. The summed E-state index contributed by atoms with van der Waals surface area (Å²) in [4.78, 5) is 26.3. The first-order valence-corrected chi connectivity index (χ1v) is 8.97. The van der Waals surface area contributed by atoms with Crippen molar-refractivity contribution in [1.29, 1.82) is 0 Å². The van der Waals surface area contributed by atoms with Gasteiger partial charge in [0.15, 0.2) is 0 Å². The first kappa shape index (κ1) is 16.8. The van der Waals surface area contributed by atoms with Crippen molar-refractivity contribution in [3.05, 3.63) is 33.8 Å². The summed E-state index contributed by atoms with van der Waals surface area (Å²) < 4.78 is 0. The van der Waals surface area contributed by atoms with E-state index in [0.29, 0.717) is 35.1 Å². The van der Waals surface area contributed by atoms with Gasteiger partial charge >= 0.3 is 0 Å². The van der Waals surface area contributed by atoms with Gasteiger partial charge in [-0.05, 0) is 42.9 Å². The molecule has 5 heteroatoms. The summed E-state index contributed by atoms with van der Waals surface area (Å²) in [7, 11) is 0. The van der Waals surface area contributed by atoms with Gasteiger partial charge in [-0.25, -0.2) is 0 Å². The van der Waals surface area contributed by atoms with Crippen LogP contribution in [0.1, 0.15) is 38.2 Å². The van der Waals surface area contributed by atoms with Gasteiger partial charge in [0.25, 0.3) is 0 Å². The number of Topliss-reactive ketones (excluding diaryl/α,β-unsaturated/α-hetero) is 1. The number of halogens is 2. The zero-order valence-electron chi connectivity index (χ0n) is 13.2. The maximum absolute atomic E-state index is 12.8. The van der Waals surface area contributed by atoms with E-state index in [2.05, 4.69) is 6.92 Å². The van der Waals surface area contributed by atoms with Crippen molar-refractivity contribution >= 4 is 34.9 Å². The maximum Gasteiger partial charge on any atom is 0.226 e. The summed E-state index contributed by atoms with van der Waals surface area (Å²) in [5, 5.41) is 1.24. The number of carbonyl (C=O) groups is 2. The quantitative estimate of drug-likeness (QED) is 0.818. The fourth-order valence-corrected chi connectivity index (χ4v) is 4.37. The van der Waals surface area contributed by atoms with Crippen molar-refractivity contribution < 1.29 is 9.59 Å². The molecule has 1 saturated carbocycles. The lowest BCUT2D eigenvalue weighted by Crippen LogP contribution is -2.44. The second-order valence-electron chi connectivity index (χ2n) is 6.78. The van der Waals surface area contributed by atoms with Crippen LogP contribution in [0.3, 0.4) is 0 Å². The third-order valence-electron chi connectivity index (χ3n) is 5.16. The average Bonchev–Trinajstić information content (AvgIpc) is 2.83. The monoisotopic (exact) mass is 353 g/mol. The SMILES string of the molecule is CC1CC(=O)CCC1N1CCC(Cc2ccc(Cl)cc2Cl)C1=O. The normalized spacial score (nSPS) is 28.5. The van der Waals surface area contributed by atoms with Gasteiger partial charge in [-0.3, -0.25) is 9.59 Å². The fourth-order valence-electron chi connectivity index (χ4n) is 3.89. The van der Waals surface area contributed by atoms with E-state index in [-0.39, 0.29) is 23.8 Å². The molecular weight excluding hydrogens is 333 g/mol. The summed E-state index contributed by atoms with van der Waals surface area (Å²) in [6.07, 6.45) is 3.52. The van der Waals surface area contributed by atoms with Crippen molar-refractivity contribution in [1.82, 2.24) is 4.90 Å². The third kappa shape index (κ3) is 3.56. The minimum absolute atomic E-state index is 0.0153. The molecule has 0 aromatic heterocycles. The molecule has 3 unspecified atom stereocenters. The first-order valence-electron chi connectivity index (χ1n) is 8.22. The van der Waals surface area contributed by atoms with Crippen LogP contribution in [0.4, 0.5) is 0 Å². The van der Waals surface area contributed by atoms with Crippen LogP contribution in [0.15, 0.2) is 18.2 Å². The summed E-state index contributed by atoms with van der Waals surface area (Å²) in [5.41, 5.74) is 0.975. The molecule has 3 atom stereocenters. The van der Waals surface area contributed by atoms with E-state index < -0.39 is 0 Å². The third-order valence-corrected chi connectivity index (χ3v) is 5.74. The highest BCUT2D eigenvalue weighted by molar-refractivity contribution is 6.35. The van der Waals surface area contributed by atoms with E-state index in [9.17, 15) is 9.59 Å². The molecule has 1 aliphatic heterocycles. The Morgan fingerprint density at radius 3 is 2.70 bits per heavy atom. The molecule has 23 heavy (non-hydrogen) atoms. The van der Waals surface area contributed by atoms with Crippen LogP contribution in [-0.4, -0.2) is 29.2 Å². The van der Waals surface area contributed by atoms with Crippen LogP contribution in [0.25, 0.3) is 0 Å². The van der Waals surface area contributed by atoms with Gasteiger partial charge in [-0.2, -0.15) is 0 Å². The Bertz CT molecular complexity index is 631. The number of rotatable bonds is 3. The maximum atomic E-state index is 12.8. The van der Waals surface area contributed by atoms with E-state index in [1.165, 1.54) is 0 Å². The van der Waals surface area contributed by atoms with Crippen molar-refractivity contribution in [2.24, 2.45) is 11.8 Å². The highest BCUT2D eigenvalue weighted by Crippen LogP contribution is 2.33. The zero-order valence-corrected chi connectivity index (χ0v) is 14.7. The molecule has 1 heterocycles. The predicted molar refractivity (Wildman–Crippen MR) is 91.8 cm³/mol. The molecule has 124 valence electrons. The predicted octanol–water partition coefficient (Wildman–Crippen LogP) is 4.14. The van der Waals surface area contributed by atoms with Crippen LogP contribution >= 0.6 is 23.2 Å². The zero-order chi connectivity index (χ0) is 16.6. The van der Waals surface area contributed by atoms with Crippen molar-refractivity contribution in [2.45, 2.75) is 45.1 Å². The van der Waals surface area contributed by atoms with Crippen LogP contribution in [0.2, 0.25) is 10.0 Å². The molecule has 3 nitrogen and oxygen atoms in total. The number of amides is 1. The number of hydrogen-bond donors (Lipinski definition) is 0. The van der Waals surface area contributed by atoms with Gasteiger partial charge in [-0.15, -0.1) is 0 Å². The van der Waals surface area contributed by atoms with Crippen LogP contribution < -0.4 is 0 Å². The van der Waals surface area contributed by atoms with E-state index in [1.54, 1.807) is 6.07 Å². The molecule has 0 N–H and O–H groups in total. The topological polar surface area (TPSA) is 37.4 Å². The molecule has 0 spiro atoms. The minimum Gasteiger partial charge on any atom is -0.339 e. The van der Waals surface area contributed by atoms with Gasteiger partial charge in [-0.1, -0.05) is 36.2 Å². The largest absolute Gasteiger partial charge is 0.339 e. The lowest BCUT2D eigenvalue weighted by molar-refractivity contribution is -0.136. The molecule has 2 fully saturated rings. The molecule has 1 aliphatic carbocycles.